The second-order valence-electron chi connectivity index (χ2n) is 4.59. The molecule has 4 heteroatoms. The van der Waals surface area contributed by atoms with Crippen molar-refractivity contribution >= 4 is 17.1 Å². The summed E-state index contributed by atoms with van der Waals surface area (Å²) in [6, 6.07) is 9.45. The van der Waals surface area contributed by atoms with E-state index in [0.29, 0.717) is 16.2 Å². The van der Waals surface area contributed by atoms with Crippen molar-refractivity contribution in [3.63, 3.8) is 0 Å². The average molecular weight is 285 g/mol. The largest absolute Gasteiger partial charge is 0.496 e. The molecule has 0 aliphatic heterocycles. The molecule has 0 aliphatic rings. The van der Waals surface area contributed by atoms with Gasteiger partial charge in [-0.05, 0) is 48.1 Å². The molecule has 0 saturated carbocycles. The van der Waals surface area contributed by atoms with Gasteiger partial charge in [-0.3, -0.25) is 4.79 Å². The van der Waals surface area contributed by atoms with Gasteiger partial charge in [0.25, 0.3) is 0 Å². The number of methoxy groups -OCH3 is 1. The molecule has 102 valence electrons. The summed E-state index contributed by atoms with van der Waals surface area (Å²) in [6.45, 7) is 3.81. The highest BCUT2D eigenvalue weighted by Crippen LogP contribution is 2.29. The van der Waals surface area contributed by atoms with Crippen LogP contribution in [0.3, 0.4) is 0 Å². The highest BCUT2D eigenvalue weighted by molar-refractivity contribution is 7.12. The Hall–Kier alpha value is -2.12. The Morgan fingerprint density at radius 3 is 2.60 bits per heavy atom. The summed E-state index contributed by atoms with van der Waals surface area (Å²) in [7, 11) is 1.58. The van der Waals surface area contributed by atoms with Gasteiger partial charge in [0, 0.05) is 0 Å². The van der Waals surface area contributed by atoms with E-state index in [1.165, 1.54) is 11.3 Å². The number of aryl methyl sites for hydroxylation is 2. The normalized spacial score (nSPS) is 11.7. The Kier molecular flexibility index (Phi) is 4.21. The molecule has 2 aromatic rings. The average Bonchev–Trinajstić information content (AvgIpc) is 2.87. The third-order valence-corrected chi connectivity index (χ3v) is 4.27. The molecule has 1 atom stereocenters. The van der Waals surface area contributed by atoms with Crippen molar-refractivity contribution in [2.75, 3.05) is 7.11 Å². The maximum absolute atomic E-state index is 12.5. The fourth-order valence-electron chi connectivity index (χ4n) is 2.06. The first kappa shape index (κ1) is 14.3. The molecule has 1 unspecified atom stereocenters. The van der Waals surface area contributed by atoms with Crippen LogP contribution in [0.5, 0.6) is 5.75 Å². The second-order valence-corrected chi connectivity index (χ2v) is 5.50. The third-order valence-electron chi connectivity index (χ3n) is 3.24. The molecule has 0 aliphatic carbocycles. The van der Waals surface area contributed by atoms with Gasteiger partial charge in [0.05, 0.1) is 18.1 Å². The smallest absolute Gasteiger partial charge is 0.194 e. The van der Waals surface area contributed by atoms with Crippen molar-refractivity contribution in [3.05, 3.63) is 51.2 Å². The lowest BCUT2D eigenvalue weighted by molar-refractivity contribution is 0.0982. The van der Waals surface area contributed by atoms with E-state index in [1.807, 2.05) is 37.4 Å². The number of hydrogen-bond donors (Lipinski definition) is 0. The molecule has 1 aromatic heterocycles. The van der Waals surface area contributed by atoms with Gasteiger partial charge in [-0.15, -0.1) is 11.3 Å². The minimum absolute atomic E-state index is 0.147. The predicted octanol–water partition coefficient (Wildman–Crippen LogP) is 3.86. The first-order chi connectivity index (χ1) is 9.58. The topological polar surface area (TPSA) is 50.1 Å². The molecule has 0 saturated heterocycles. The van der Waals surface area contributed by atoms with Gasteiger partial charge in [-0.1, -0.05) is 12.1 Å². The van der Waals surface area contributed by atoms with Gasteiger partial charge in [-0.25, -0.2) is 0 Å². The first-order valence-electron chi connectivity index (χ1n) is 6.21. The number of carbonyl (C=O) groups excluding carboxylic acids is 1. The number of rotatable bonds is 4. The molecule has 0 amide bonds. The van der Waals surface area contributed by atoms with Crippen LogP contribution in [0.25, 0.3) is 0 Å². The summed E-state index contributed by atoms with van der Waals surface area (Å²) in [5.41, 5.74) is 2.57. The van der Waals surface area contributed by atoms with Crippen molar-refractivity contribution in [1.29, 1.82) is 5.26 Å². The zero-order valence-electron chi connectivity index (χ0n) is 11.6. The highest BCUT2D eigenvalue weighted by Gasteiger charge is 2.24. The number of nitriles is 1. The highest BCUT2D eigenvalue weighted by atomic mass is 32.1. The van der Waals surface area contributed by atoms with E-state index >= 15 is 0 Å². The van der Waals surface area contributed by atoms with E-state index in [1.54, 1.807) is 13.2 Å². The Morgan fingerprint density at radius 2 is 2.05 bits per heavy atom. The second kappa shape index (κ2) is 5.89. The maximum Gasteiger partial charge on any atom is 0.194 e. The Bertz CT molecular complexity index is 682. The minimum atomic E-state index is -0.790. The number of carbonyl (C=O) groups is 1. The van der Waals surface area contributed by atoms with Crippen LogP contribution >= 0.6 is 11.3 Å². The van der Waals surface area contributed by atoms with E-state index in [0.717, 1.165) is 11.1 Å². The number of ketones is 1. The zero-order valence-corrected chi connectivity index (χ0v) is 12.5. The van der Waals surface area contributed by atoms with E-state index in [2.05, 4.69) is 6.07 Å². The number of nitrogens with zero attached hydrogens (tertiary/aromatic N) is 1. The van der Waals surface area contributed by atoms with E-state index in [-0.39, 0.29) is 5.78 Å². The Morgan fingerprint density at radius 1 is 1.30 bits per heavy atom. The standard InChI is InChI=1S/C16H15NO2S/c1-10-4-5-12(8-14(10)19-3)13(9-17)15(18)16-11(2)6-7-20-16/h4-8,13H,1-3H3. The fourth-order valence-corrected chi connectivity index (χ4v) is 2.95. The molecule has 1 heterocycles. The third kappa shape index (κ3) is 2.59. The summed E-state index contributed by atoms with van der Waals surface area (Å²) in [6.07, 6.45) is 0. The fraction of sp³-hybridized carbons (Fsp3) is 0.250. The Balaban J connectivity index is 2.41. The molecule has 3 nitrogen and oxygen atoms in total. The quantitative estimate of drug-likeness (QED) is 0.801. The lowest BCUT2D eigenvalue weighted by Gasteiger charge is -2.11. The van der Waals surface area contributed by atoms with Gasteiger partial charge >= 0.3 is 0 Å². The summed E-state index contributed by atoms with van der Waals surface area (Å²) in [4.78, 5) is 13.1. The van der Waals surface area contributed by atoms with Gasteiger partial charge in [0.2, 0.25) is 0 Å². The zero-order chi connectivity index (χ0) is 14.7. The van der Waals surface area contributed by atoms with Crippen LogP contribution in [-0.4, -0.2) is 12.9 Å². The number of ether oxygens (including phenoxy) is 1. The monoisotopic (exact) mass is 285 g/mol. The number of hydrogen-bond acceptors (Lipinski definition) is 4. The van der Waals surface area contributed by atoms with Crippen molar-refractivity contribution in [3.8, 4) is 11.8 Å². The number of thiophene rings is 1. The molecule has 0 spiro atoms. The molecule has 0 bridgehead atoms. The van der Waals surface area contributed by atoms with Crippen LogP contribution < -0.4 is 4.74 Å². The lowest BCUT2D eigenvalue weighted by Crippen LogP contribution is -2.11. The summed E-state index contributed by atoms with van der Waals surface area (Å²) in [5.74, 6) is -0.244. The first-order valence-corrected chi connectivity index (χ1v) is 7.09. The molecule has 0 fully saturated rings. The Labute approximate surface area is 122 Å². The number of benzene rings is 1. The van der Waals surface area contributed by atoms with Crippen LogP contribution in [0.15, 0.2) is 29.6 Å². The molecule has 1 aromatic carbocycles. The van der Waals surface area contributed by atoms with Crippen LogP contribution in [-0.2, 0) is 0 Å². The van der Waals surface area contributed by atoms with Gasteiger partial charge in [0.15, 0.2) is 5.78 Å². The molecular formula is C16H15NO2S. The molecule has 0 N–H and O–H groups in total. The van der Waals surface area contributed by atoms with Crippen LogP contribution in [0, 0.1) is 25.2 Å². The van der Waals surface area contributed by atoms with E-state index in [9.17, 15) is 10.1 Å². The number of Topliss-reactive ketones (excluding diaryl/α,β-unsaturated/α-hetero) is 1. The van der Waals surface area contributed by atoms with Gasteiger partial charge < -0.3 is 4.74 Å². The summed E-state index contributed by atoms with van der Waals surface area (Å²) >= 11 is 1.38. The van der Waals surface area contributed by atoms with Crippen LogP contribution in [0.2, 0.25) is 0 Å². The van der Waals surface area contributed by atoms with Crippen LogP contribution in [0.1, 0.15) is 32.3 Å². The SMILES string of the molecule is COc1cc(C(C#N)C(=O)c2sccc2C)ccc1C. The van der Waals surface area contributed by atoms with Crippen molar-refractivity contribution < 1.29 is 9.53 Å². The minimum Gasteiger partial charge on any atom is -0.496 e. The maximum atomic E-state index is 12.5. The van der Waals surface area contributed by atoms with Crippen molar-refractivity contribution in [2.45, 2.75) is 19.8 Å². The van der Waals surface area contributed by atoms with Crippen LogP contribution in [0.4, 0.5) is 0 Å². The van der Waals surface area contributed by atoms with Crippen molar-refractivity contribution in [1.82, 2.24) is 0 Å². The lowest BCUT2D eigenvalue weighted by atomic mass is 9.93. The molecule has 20 heavy (non-hydrogen) atoms. The van der Waals surface area contributed by atoms with Gasteiger partial charge in [-0.2, -0.15) is 5.26 Å². The predicted molar refractivity (Wildman–Crippen MR) is 79.5 cm³/mol. The summed E-state index contributed by atoms with van der Waals surface area (Å²) in [5, 5.41) is 11.2. The van der Waals surface area contributed by atoms with E-state index < -0.39 is 5.92 Å². The molecule has 0 radical (unpaired) electrons. The van der Waals surface area contributed by atoms with Gasteiger partial charge in [0.1, 0.15) is 11.7 Å². The molecule has 2 rings (SSSR count). The summed E-state index contributed by atoms with van der Waals surface area (Å²) < 4.78 is 5.26. The van der Waals surface area contributed by atoms with Crippen molar-refractivity contribution in [2.24, 2.45) is 0 Å². The van der Waals surface area contributed by atoms with E-state index in [4.69, 9.17) is 4.74 Å². The molecular weight excluding hydrogens is 270 g/mol.